The van der Waals surface area contributed by atoms with E-state index in [9.17, 15) is 4.55 Å². The number of anilines is 1. The van der Waals surface area contributed by atoms with Crippen molar-refractivity contribution in [2.45, 2.75) is 36.2 Å². The Kier molecular flexibility index (Phi) is 4.85. The number of fused-ring (bicyclic) bond motifs is 1. The SMILES string of the molecule is [O-][S+](c1ccccc1)N1CCc2cc(C3CC3NCc3ccccc3)ccc21. The van der Waals surface area contributed by atoms with E-state index in [-0.39, 0.29) is 0 Å². The third-order valence-corrected chi connectivity index (χ3v) is 7.19. The van der Waals surface area contributed by atoms with Crippen molar-refractivity contribution >= 4 is 17.0 Å². The van der Waals surface area contributed by atoms with Crippen LogP contribution in [0.25, 0.3) is 0 Å². The van der Waals surface area contributed by atoms with Crippen LogP contribution < -0.4 is 9.62 Å². The lowest BCUT2D eigenvalue weighted by molar-refractivity contribution is 0.591. The average molecular weight is 389 g/mol. The van der Waals surface area contributed by atoms with Crippen molar-refractivity contribution in [3.8, 4) is 0 Å². The predicted molar refractivity (Wildman–Crippen MR) is 115 cm³/mol. The zero-order chi connectivity index (χ0) is 18.9. The summed E-state index contributed by atoms with van der Waals surface area (Å²) in [6.07, 6.45) is 2.17. The highest BCUT2D eigenvalue weighted by Gasteiger charge is 2.39. The van der Waals surface area contributed by atoms with Crippen LogP contribution >= 0.6 is 0 Å². The molecule has 1 aliphatic carbocycles. The van der Waals surface area contributed by atoms with Gasteiger partial charge in [0, 0.05) is 18.5 Å². The van der Waals surface area contributed by atoms with Crippen LogP contribution in [0.15, 0.2) is 83.8 Å². The second-order valence-corrected chi connectivity index (χ2v) is 9.03. The van der Waals surface area contributed by atoms with Crippen LogP contribution in [0.1, 0.15) is 29.0 Å². The first-order valence-corrected chi connectivity index (χ1v) is 11.0. The van der Waals surface area contributed by atoms with Crippen molar-refractivity contribution in [1.82, 2.24) is 5.32 Å². The molecule has 3 nitrogen and oxygen atoms in total. The van der Waals surface area contributed by atoms with Gasteiger partial charge in [-0.2, -0.15) is 4.31 Å². The van der Waals surface area contributed by atoms with Crippen molar-refractivity contribution in [3.63, 3.8) is 0 Å². The first kappa shape index (κ1) is 17.8. The predicted octanol–water partition coefficient (Wildman–Crippen LogP) is 4.42. The van der Waals surface area contributed by atoms with Crippen LogP contribution in [0.5, 0.6) is 0 Å². The monoisotopic (exact) mass is 388 g/mol. The van der Waals surface area contributed by atoms with Crippen molar-refractivity contribution < 1.29 is 4.55 Å². The van der Waals surface area contributed by atoms with Crippen LogP contribution in [-0.2, 0) is 24.3 Å². The van der Waals surface area contributed by atoms with E-state index in [1.807, 2.05) is 34.6 Å². The molecular formula is C24H24N2OS. The van der Waals surface area contributed by atoms with Gasteiger partial charge in [-0.25, -0.2) is 0 Å². The molecule has 0 radical (unpaired) electrons. The smallest absolute Gasteiger partial charge is 0.180 e. The maximum Gasteiger partial charge on any atom is 0.180 e. The number of benzene rings is 3. The van der Waals surface area contributed by atoms with Crippen LogP contribution in [0.3, 0.4) is 0 Å². The summed E-state index contributed by atoms with van der Waals surface area (Å²) < 4.78 is 15.0. The minimum Gasteiger partial charge on any atom is -0.588 e. The van der Waals surface area contributed by atoms with Crippen molar-refractivity contribution in [1.29, 1.82) is 0 Å². The van der Waals surface area contributed by atoms with Gasteiger partial charge in [-0.05, 0) is 47.7 Å². The summed E-state index contributed by atoms with van der Waals surface area (Å²) in [4.78, 5) is 0.867. The Hall–Kier alpha value is -2.27. The van der Waals surface area contributed by atoms with E-state index in [2.05, 4.69) is 53.8 Å². The summed E-state index contributed by atoms with van der Waals surface area (Å²) in [5, 5.41) is 3.68. The fraction of sp³-hybridized carbons (Fsp3) is 0.250. The van der Waals surface area contributed by atoms with Gasteiger partial charge < -0.3 is 9.87 Å². The molecule has 3 atom stereocenters. The molecule has 4 heteroatoms. The average Bonchev–Trinajstić information content (AvgIpc) is 3.42. The molecule has 0 saturated heterocycles. The Bertz CT molecular complexity index is 947. The summed E-state index contributed by atoms with van der Waals surface area (Å²) in [6, 6.07) is 27.6. The maximum atomic E-state index is 12.9. The third kappa shape index (κ3) is 3.55. The molecule has 3 aromatic carbocycles. The van der Waals surface area contributed by atoms with Crippen LogP contribution in [0.4, 0.5) is 5.69 Å². The van der Waals surface area contributed by atoms with Gasteiger partial charge >= 0.3 is 0 Å². The lowest BCUT2D eigenvalue weighted by Gasteiger charge is -2.21. The normalized spacial score (nSPS) is 21.4. The fourth-order valence-corrected chi connectivity index (χ4v) is 5.35. The highest BCUT2D eigenvalue weighted by molar-refractivity contribution is 7.92. The summed E-state index contributed by atoms with van der Waals surface area (Å²) in [5.74, 6) is 0.600. The molecule has 0 aromatic heterocycles. The molecule has 5 rings (SSSR count). The standard InChI is InChI=1S/C24H24N2OS/c27-28(21-9-5-2-6-10-21)26-14-13-20-15-19(11-12-24(20)26)22-16-23(22)25-17-18-7-3-1-4-8-18/h1-12,15,22-23,25H,13-14,16-17H2. The largest absolute Gasteiger partial charge is 0.588 e. The highest BCUT2D eigenvalue weighted by atomic mass is 32.2. The molecule has 28 heavy (non-hydrogen) atoms. The quantitative estimate of drug-likeness (QED) is 0.636. The van der Waals surface area contributed by atoms with E-state index in [0.717, 1.165) is 30.1 Å². The summed E-state index contributed by atoms with van der Waals surface area (Å²) >= 11 is -1.13. The molecule has 1 heterocycles. The minimum atomic E-state index is -1.13. The van der Waals surface area contributed by atoms with Crippen molar-refractivity contribution in [2.75, 3.05) is 10.8 Å². The Morgan fingerprint density at radius 2 is 1.71 bits per heavy atom. The summed E-state index contributed by atoms with van der Waals surface area (Å²) in [6.45, 7) is 1.75. The molecule has 2 aliphatic rings. The number of rotatable bonds is 6. The van der Waals surface area contributed by atoms with E-state index < -0.39 is 11.4 Å². The van der Waals surface area contributed by atoms with Crippen molar-refractivity contribution in [3.05, 3.63) is 95.6 Å². The maximum absolute atomic E-state index is 12.9. The minimum absolute atomic E-state index is 0.564. The molecule has 1 N–H and O–H groups in total. The molecule has 0 bridgehead atoms. The molecule has 1 aliphatic heterocycles. The molecular weight excluding hydrogens is 364 g/mol. The second-order valence-electron chi connectivity index (χ2n) is 7.62. The third-order valence-electron chi connectivity index (χ3n) is 5.73. The van der Waals surface area contributed by atoms with E-state index in [1.165, 1.54) is 23.1 Å². The summed E-state index contributed by atoms with van der Waals surface area (Å²) in [7, 11) is 0. The second kappa shape index (κ2) is 7.63. The van der Waals surface area contributed by atoms with Crippen LogP contribution in [0.2, 0.25) is 0 Å². The fourth-order valence-electron chi connectivity index (χ4n) is 4.09. The topological polar surface area (TPSA) is 38.3 Å². The van der Waals surface area contributed by atoms with Gasteiger partial charge in [-0.15, -0.1) is 0 Å². The molecule has 142 valence electrons. The van der Waals surface area contributed by atoms with Gasteiger partial charge in [0.1, 0.15) is 11.4 Å². The zero-order valence-electron chi connectivity index (χ0n) is 15.8. The zero-order valence-corrected chi connectivity index (χ0v) is 16.6. The van der Waals surface area contributed by atoms with Gasteiger partial charge in [0.15, 0.2) is 4.90 Å². The van der Waals surface area contributed by atoms with Gasteiger partial charge in [0.05, 0.1) is 12.2 Å². The van der Waals surface area contributed by atoms with Crippen LogP contribution in [-0.4, -0.2) is 17.1 Å². The Morgan fingerprint density at radius 1 is 0.964 bits per heavy atom. The number of hydrogen-bond donors (Lipinski definition) is 1. The van der Waals surface area contributed by atoms with E-state index in [1.54, 1.807) is 0 Å². The van der Waals surface area contributed by atoms with E-state index in [4.69, 9.17) is 0 Å². The highest BCUT2D eigenvalue weighted by Crippen LogP contribution is 2.43. The Balaban J connectivity index is 1.25. The first-order valence-electron chi connectivity index (χ1n) is 9.94. The van der Waals surface area contributed by atoms with Gasteiger partial charge in [0.25, 0.3) is 0 Å². The van der Waals surface area contributed by atoms with Gasteiger partial charge in [-0.1, -0.05) is 60.7 Å². The molecule has 0 amide bonds. The number of nitrogens with one attached hydrogen (secondary N) is 1. The van der Waals surface area contributed by atoms with E-state index >= 15 is 0 Å². The number of nitrogens with zero attached hydrogens (tertiary/aromatic N) is 1. The van der Waals surface area contributed by atoms with Crippen LogP contribution in [0, 0.1) is 0 Å². The molecule has 1 fully saturated rings. The molecule has 3 aromatic rings. The first-order chi connectivity index (χ1) is 13.8. The Labute approximate surface area is 169 Å². The van der Waals surface area contributed by atoms with E-state index in [0.29, 0.717) is 12.0 Å². The lowest BCUT2D eigenvalue weighted by atomic mass is 10.0. The molecule has 3 unspecified atom stereocenters. The van der Waals surface area contributed by atoms with Gasteiger partial charge in [0.2, 0.25) is 0 Å². The lowest BCUT2D eigenvalue weighted by Crippen LogP contribution is -2.29. The Morgan fingerprint density at radius 3 is 2.50 bits per heavy atom. The molecule has 1 saturated carbocycles. The summed E-state index contributed by atoms with van der Waals surface area (Å²) in [5.41, 5.74) is 5.20. The molecule has 0 spiro atoms. The number of hydrogen-bond acceptors (Lipinski definition) is 3. The van der Waals surface area contributed by atoms with Gasteiger partial charge in [-0.3, -0.25) is 0 Å². The van der Waals surface area contributed by atoms with Crippen molar-refractivity contribution in [2.24, 2.45) is 0 Å².